The van der Waals surface area contributed by atoms with Crippen LogP contribution >= 0.6 is 0 Å². The molecule has 0 aromatic carbocycles. The predicted octanol–water partition coefficient (Wildman–Crippen LogP) is 1.49. The van der Waals surface area contributed by atoms with E-state index in [0.717, 1.165) is 32.2 Å². The third kappa shape index (κ3) is 5.49. The maximum atomic E-state index is 11.7. The lowest BCUT2D eigenvalue weighted by Crippen LogP contribution is -2.48. The van der Waals surface area contributed by atoms with Crippen LogP contribution in [0.4, 0.5) is 4.79 Å². The molecule has 2 N–H and O–H groups in total. The second-order valence-corrected chi connectivity index (χ2v) is 4.97. The van der Waals surface area contributed by atoms with Crippen molar-refractivity contribution < 1.29 is 9.59 Å². The third-order valence-electron chi connectivity index (χ3n) is 3.36. The summed E-state index contributed by atoms with van der Waals surface area (Å²) in [6.45, 7) is 6.08. The van der Waals surface area contributed by atoms with Gasteiger partial charge in [-0.3, -0.25) is 15.0 Å². The Hall–Kier alpha value is -1.10. The number of carbonyl (C=O) groups excluding carboxylic acids is 2. The van der Waals surface area contributed by atoms with Crippen LogP contribution in [0.1, 0.15) is 46.0 Å². The van der Waals surface area contributed by atoms with Crippen molar-refractivity contribution in [1.29, 1.82) is 0 Å². The first-order valence-corrected chi connectivity index (χ1v) is 6.95. The van der Waals surface area contributed by atoms with Gasteiger partial charge in [-0.2, -0.15) is 0 Å². The van der Waals surface area contributed by atoms with E-state index in [0.29, 0.717) is 19.1 Å². The molecule has 1 fully saturated rings. The second-order valence-electron chi connectivity index (χ2n) is 4.97. The predicted molar refractivity (Wildman–Crippen MR) is 71.3 cm³/mol. The molecule has 0 bridgehead atoms. The van der Waals surface area contributed by atoms with Gasteiger partial charge in [0.15, 0.2) is 0 Å². The van der Waals surface area contributed by atoms with E-state index in [4.69, 9.17) is 0 Å². The van der Waals surface area contributed by atoms with Crippen molar-refractivity contribution in [2.24, 2.45) is 0 Å². The molecule has 5 heteroatoms. The zero-order chi connectivity index (χ0) is 13.4. The van der Waals surface area contributed by atoms with E-state index in [1.807, 2.05) is 0 Å². The fourth-order valence-electron chi connectivity index (χ4n) is 2.17. The number of hydrogen-bond acceptors (Lipinski definition) is 3. The molecule has 5 nitrogen and oxygen atoms in total. The number of piperidine rings is 1. The van der Waals surface area contributed by atoms with Gasteiger partial charge in [0.2, 0.25) is 5.91 Å². The van der Waals surface area contributed by atoms with Crippen LogP contribution in [0.3, 0.4) is 0 Å². The average Bonchev–Trinajstić information content (AvgIpc) is 2.32. The summed E-state index contributed by atoms with van der Waals surface area (Å²) in [5.74, 6) is -0.210. The van der Waals surface area contributed by atoms with Crippen molar-refractivity contribution in [2.45, 2.75) is 52.0 Å². The second kappa shape index (κ2) is 8.08. The number of nitrogens with zero attached hydrogens (tertiary/aromatic N) is 1. The lowest BCUT2D eigenvalue weighted by molar-refractivity contribution is -0.122. The maximum Gasteiger partial charge on any atom is 0.321 e. The molecule has 0 radical (unpaired) electrons. The fourth-order valence-corrected chi connectivity index (χ4v) is 2.17. The Morgan fingerprint density at radius 2 is 2.11 bits per heavy atom. The van der Waals surface area contributed by atoms with Crippen LogP contribution < -0.4 is 10.6 Å². The van der Waals surface area contributed by atoms with E-state index in [1.54, 1.807) is 0 Å². The van der Waals surface area contributed by atoms with Crippen LogP contribution in [0.15, 0.2) is 0 Å². The molecule has 1 rings (SSSR count). The molecular formula is C13H25N3O2. The minimum Gasteiger partial charge on any atom is -0.338 e. The van der Waals surface area contributed by atoms with E-state index in [9.17, 15) is 9.59 Å². The average molecular weight is 255 g/mol. The summed E-state index contributed by atoms with van der Waals surface area (Å²) in [4.78, 5) is 25.2. The van der Waals surface area contributed by atoms with E-state index in [1.165, 1.54) is 6.42 Å². The van der Waals surface area contributed by atoms with E-state index < -0.39 is 0 Å². The molecule has 1 atom stereocenters. The van der Waals surface area contributed by atoms with E-state index in [2.05, 4.69) is 29.4 Å². The summed E-state index contributed by atoms with van der Waals surface area (Å²) in [5.41, 5.74) is 0. The largest absolute Gasteiger partial charge is 0.338 e. The quantitative estimate of drug-likeness (QED) is 0.732. The number of rotatable bonds is 5. The van der Waals surface area contributed by atoms with Gasteiger partial charge < -0.3 is 5.32 Å². The lowest BCUT2D eigenvalue weighted by Gasteiger charge is -2.32. The number of amides is 3. The minimum absolute atomic E-state index is 0.210. The number of unbranched alkanes of at least 4 members (excludes halogenated alkanes) is 1. The first-order valence-electron chi connectivity index (χ1n) is 6.95. The van der Waals surface area contributed by atoms with Crippen molar-refractivity contribution in [2.75, 3.05) is 19.6 Å². The molecule has 0 spiro atoms. The molecule has 0 aromatic rings. The number of likely N-dealkylation sites (tertiary alicyclic amines) is 1. The van der Waals surface area contributed by atoms with Gasteiger partial charge in [-0.05, 0) is 32.7 Å². The summed E-state index contributed by atoms with van der Waals surface area (Å²) in [6, 6.07) is 0.0609. The highest BCUT2D eigenvalue weighted by Gasteiger charge is 2.21. The Kier molecular flexibility index (Phi) is 6.72. The Morgan fingerprint density at radius 3 is 2.78 bits per heavy atom. The number of carbonyl (C=O) groups is 2. The van der Waals surface area contributed by atoms with Gasteiger partial charge in [0.05, 0.1) is 6.54 Å². The van der Waals surface area contributed by atoms with Gasteiger partial charge in [0.25, 0.3) is 0 Å². The molecule has 1 aliphatic rings. The van der Waals surface area contributed by atoms with Gasteiger partial charge in [-0.25, -0.2) is 4.79 Å². The summed E-state index contributed by atoms with van der Waals surface area (Å²) in [6.07, 6.45) is 5.47. The van der Waals surface area contributed by atoms with Gasteiger partial charge in [0, 0.05) is 12.6 Å². The SMILES string of the molecule is CCCCNC(=O)NC(=O)CN1CCCC[C@@H]1C. The highest BCUT2D eigenvalue weighted by atomic mass is 16.2. The summed E-state index contributed by atoms with van der Waals surface area (Å²) in [5, 5.41) is 5.05. The molecule has 104 valence electrons. The molecule has 0 aromatic heterocycles. The zero-order valence-corrected chi connectivity index (χ0v) is 11.5. The number of imide groups is 1. The highest BCUT2D eigenvalue weighted by molar-refractivity contribution is 5.95. The third-order valence-corrected chi connectivity index (χ3v) is 3.36. The van der Waals surface area contributed by atoms with Crippen molar-refractivity contribution in [3.8, 4) is 0 Å². The molecular weight excluding hydrogens is 230 g/mol. The highest BCUT2D eigenvalue weighted by Crippen LogP contribution is 2.15. The topological polar surface area (TPSA) is 61.4 Å². The Morgan fingerprint density at radius 1 is 1.33 bits per heavy atom. The Labute approximate surface area is 109 Å². The molecule has 1 heterocycles. The normalized spacial score (nSPS) is 20.4. The molecule has 0 unspecified atom stereocenters. The van der Waals surface area contributed by atoms with Crippen molar-refractivity contribution >= 4 is 11.9 Å². The molecule has 1 saturated heterocycles. The smallest absolute Gasteiger partial charge is 0.321 e. The molecule has 1 aliphatic heterocycles. The summed E-state index contributed by atoms with van der Waals surface area (Å²) >= 11 is 0. The van der Waals surface area contributed by atoms with Crippen molar-refractivity contribution in [3.63, 3.8) is 0 Å². The monoisotopic (exact) mass is 255 g/mol. The van der Waals surface area contributed by atoms with Gasteiger partial charge in [-0.15, -0.1) is 0 Å². The van der Waals surface area contributed by atoms with Crippen molar-refractivity contribution in [1.82, 2.24) is 15.5 Å². The molecule has 0 aliphatic carbocycles. The number of hydrogen-bond donors (Lipinski definition) is 2. The molecule has 0 saturated carbocycles. The van der Waals surface area contributed by atoms with Gasteiger partial charge in [-0.1, -0.05) is 19.8 Å². The number of urea groups is 1. The van der Waals surface area contributed by atoms with Crippen LogP contribution in [0.5, 0.6) is 0 Å². The fraction of sp³-hybridized carbons (Fsp3) is 0.846. The van der Waals surface area contributed by atoms with Crippen LogP contribution in [-0.4, -0.2) is 42.5 Å². The van der Waals surface area contributed by atoms with Crippen molar-refractivity contribution in [3.05, 3.63) is 0 Å². The molecule has 3 amide bonds. The van der Waals surface area contributed by atoms with Crippen LogP contribution in [0.2, 0.25) is 0 Å². The first-order chi connectivity index (χ1) is 8.63. The maximum absolute atomic E-state index is 11.7. The Bertz CT molecular complexity index is 281. The van der Waals surface area contributed by atoms with Gasteiger partial charge in [0.1, 0.15) is 0 Å². The Balaban J connectivity index is 2.21. The first kappa shape index (κ1) is 15.0. The van der Waals surface area contributed by atoms with Gasteiger partial charge >= 0.3 is 6.03 Å². The van der Waals surface area contributed by atoms with Crippen LogP contribution in [0, 0.1) is 0 Å². The number of nitrogens with one attached hydrogen (secondary N) is 2. The van der Waals surface area contributed by atoms with Crippen LogP contribution in [-0.2, 0) is 4.79 Å². The minimum atomic E-state index is -0.377. The lowest BCUT2D eigenvalue weighted by atomic mass is 10.0. The van der Waals surface area contributed by atoms with E-state index >= 15 is 0 Å². The zero-order valence-electron chi connectivity index (χ0n) is 11.5. The summed E-state index contributed by atoms with van der Waals surface area (Å²) in [7, 11) is 0. The van der Waals surface area contributed by atoms with E-state index in [-0.39, 0.29) is 11.9 Å². The van der Waals surface area contributed by atoms with Crippen LogP contribution in [0.25, 0.3) is 0 Å². The summed E-state index contributed by atoms with van der Waals surface area (Å²) < 4.78 is 0. The molecule has 18 heavy (non-hydrogen) atoms. The standard InChI is InChI=1S/C13H25N3O2/c1-3-4-8-14-13(18)15-12(17)10-16-9-6-5-7-11(16)2/h11H,3-10H2,1-2H3,(H2,14,15,17,18)/t11-/m0/s1.